The number of aromatic nitrogens is 2. The van der Waals surface area contributed by atoms with Gasteiger partial charge in [0, 0.05) is 30.9 Å². The number of benzene rings is 2. The average molecular weight is 550 g/mol. The van der Waals surface area contributed by atoms with Gasteiger partial charge in [0.2, 0.25) is 0 Å². The fourth-order valence-corrected chi connectivity index (χ4v) is 4.33. The van der Waals surface area contributed by atoms with Gasteiger partial charge in [-0.15, -0.1) is 0 Å². The zero-order chi connectivity index (χ0) is 24.8. The van der Waals surface area contributed by atoms with Gasteiger partial charge in [-0.2, -0.15) is 10.2 Å². The molecule has 0 bridgehead atoms. The third-order valence-corrected chi connectivity index (χ3v) is 6.07. The van der Waals surface area contributed by atoms with E-state index in [1.807, 2.05) is 5.06 Å². The number of anilines is 2. The molecule has 2 amide bonds. The molecule has 2 aromatic carbocycles. The molecule has 0 atom stereocenters. The van der Waals surface area contributed by atoms with Crippen LogP contribution in [0.4, 0.5) is 25.0 Å². The second-order valence-electron chi connectivity index (χ2n) is 8.05. The van der Waals surface area contributed by atoms with E-state index in [2.05, 4.69) is 31.7 Å². The second-order valence-corrected chi connectivity index (χ2v) is 8.90. The van der Waals surface area contributed by atoms with E-state index in [4.69, 9.17) is 9.57 Å². The molecule has 2 heterocycles. The van der Waals surface area contributed by atoms with Crippen LogP contribution in [0, 0.1) is 11.6 Å². The molecule has 0 saturated carbocycles. The number of nitrogens with one attached hydrogen (secondary N) is 2. The van der Waals surface area contributed by atoms with E-state index in [9.17, 15) is 13.6 Å². The molecule has 186 valence electrons. The Balaban J connectivity index is 1.50. The van der Waals surface area contributed by atoms with Gasteiger partial charge in [-0.3, -0.25) is 9.52 Å². The van der Waals surface area contributed by atoms with Crippen molar-refractivity contribution in [2.45, 2.75) is 19.3 Å². The second kappa shape index (κ2) is 11.6. The summed E-state index contributed by atoms with van der Waals surface area (Å²) in [6.07, 6.45) is 4.99. The lowest BCUT2D eigenvalue weighted by Gasteiger charge is -2.20. The number of nitrogens with zero attached hydrogens (tertiary/aromatic N) is 3. The number of amides is 2. The van der Waals surface area contributed by atoms with Crippen molar-refractivity contribution < 1.29 is 23.1 Å². The molecular formula is C24H26BrF2N5O3. The molecule has 0 aliphatic carbocycles. The molecule has 1 aliphatic heterocycles. The Hall–Kier alpha value is -3.02. The Kier molecular flexibility index (Phi) is 8.32. The summed E-state index contributed by atoms with van der Waals surface area (Å²) in [7, 11) is 1.80. The van der Waals surface area contributed by atoms with Crippen molar-refractivity contribution in [2.75, 3.05) is 36.9 Å². The van der Waals surface area contributed by atoms with E-state index in [0.29, 0.717) is 36.2 Å². The predicted octanol–water partition coefficient (Wildman–Crippen LogP) is 5.57. The van der Waals surface area contributed by atoms with Crippen LogP contribution in [0.5, 0.6) is 5.75 Å². The highest BCUT2D eigenvalue weighted by Crippen LogP contribution is 2.36. The Bertz CT molecular complexity index is 1160. The summed E-state index contributed by atoms with van der Waals surface area (Å²) in [5, 5.41) is 11.3. The summed E-state index contributed by atoms with van der Waals surface area (Å²) in [5.41, 5.74) is 1.80. The fourth-order valence-electron chi connectivity index (χ4n) is 3.77. The normalized spacial score (nSPS) is 14.4. The van der Waals surface area contributed by atoms with Crippen LogP contribution in [0.15, 0.2) is 47.1 Å². The summed E-state index contributed by atoms with van der Waals surface area (Å²) in [6.45, 7) is 2.63. The van der Waals surface area contributed by atoms with Crippen LogP contribution in [-0.2, 0) is 11.9 Å². The molecule has 1 aliphatic rings. The number of rotatable bonds is 7. The van der Waals surface area contributed by atoms with E-state index >= 15 is 0 Å². The number of carbonyl (C=O) groups excluding carboxylic acids is 1. The van der Waals surface area contributed by atoms with E-state index in [0.717, 1.165) is 54.7 Å². The van der Waals surface area contributed by atoms with Gasteiger partial charge in [0.25, 0.3) is 0 Å². The molecule has 0 unspecified atom stereocenters. The highest BCUT2D eigenvalue weighted by molar-refractivity contribution is 9.10. The number of ether oxygens (including phenoxy) is 1. The molecule has 11 heteroatoms. The summed E-state index contributed by atoms with van der Waals surface area (Å²) >= 11 is 3.52. The van der Waals surface area contributed by atoms with Crippen LogP contribution in [-0.4, -0.2) is 47.2 Å². The predicted molar refractivity (Wildman–Crippen MR) is 132 cm³/mol. The Morgan fingerprint density at radius 2 is 2.03 bits per heavy atom. The van der Waals surface area contributed by atoms with Crippen LogP contribution < -0.4 is 15.4 Å². The quantitative estimate of drug-likeness (QED) is 0.402. The first-order valence-corrected chi connectivity index (χ1v) is 12.1. The highest BCUT2D eigenvalue weighted by Gasteiger charge is 2.17. The van der Waals surface area contributed by atoms with Crippen LogP contribution in [0.2, 0.25) is 0 Å². The van der Waals surface area contributed by atoms with Crippen molar-refractivity contribution in [3.63, 3.8) is 0 Å². The van der Waals surface area contributed by atoms with Gasteiger partial charge in [-0.25, -0.2) is 13.6 Å². The van der Waals surface area contributed by atoms with Gasteiger partial charge in [0.15, 0.2) is 0 Å². The summed E-state index contributed by atoms with van der Waals surface area (Å²) in [6, 6.07) is 7.46. The smallest absolute Gasteiger partial charge is 0.323 e. The zero-order valence-corrected chi connectivity index (χ0v) is 20.8. The van der Waals surface area contributed by atoms with Crippen molar-refractivity contribution >= 4 is 33.3 Å². The molecule has 3 aromatic rings. The molecule has 2 N–H and O–H groups in total. The van der Waals surface area contributed by atoms with Crippen molar-refractivity contribution in [1.82, 2.24) is 14.8 Å². The van der Waals surface area contributed by atoms with E-state index in [1.54, 1.807) is 36.1 Å². The number of hydrogen-bond donors (Lipinski definition) is 2. The third-order valence-electron chi connectivity index (χ3n) is 5.49. The summed E-state index contributed by atoms with van der Waals surface area (Å²) in [5.74, 6) is -0.978. The molecular weight excluding hydrogens is 524 g/mol. The number of hydrogen-bond acceptors (Lipinski definition) is 5. The Labute approximate surface area is 210 Å². The molecule has 1 saturated heterocycles. The molecule has 1 aromatic heterocycles. The fraction of sp³-hybridized carbons (Fsp3) is 0.333. The maximum atomic E-state index is 13.9. The first-order valence-electron chi connectivity index (χ1n) is 11.3. The number of carbonyl (C=O) groups is 1. The minimum absolute atomic E-state index is 0.130. The maximum absolute atomic E-state index is 13.9. The number of halogens is 3. The Morgan fingerprint density at radius 1 is 1.17 bits per heavy atom. The molecule has 1 fully saturated rings. The summed E-state index contributed by atoms with van der Waals surface area (Å²) in [4.78, 5) is 18.2. The lowest BCUT2D eigenvalue weighted by Crippen LogP contribution is -2.28. The van der Waals surface area contributed by atoms with Crippen molar-refractivity contribution in [3.8, 4) is 17.0 Å². The van der Waals surface area contributed by atoms with E-state index in [-0.39, 0.29) is 5.69 Å². The minimum atomic E-state index is -0.864. The minimum Gasteiger partial charge on any atom is -0.491 e. The molecule has 0 radical (unpaired) electrons. The first-order chi connectivity index (χ1) is 16.9. The van der Waals surface area contributed by atoms with Gasteiger partial charge in [-0.05, 0) is 65.5 Å². The lowest BCUT2D eigenvalue weighted by atomic mass is 10.1. The van der Waals surface area contributed by atoms with Crippen LogP contribution >= 0.6 is 15.9 Å². The van der Waals surface area contributed by atoms with Gasteiger partial charge < -0.3 is 15.4 Å². The van der Waals surface area contributed by atoms with Crippen molar-refractivity contribution in [3.05, 3.63) is 58.7 Å². The van der Waals surface area contributed by atoms with Gasteiger partial charge in [0.1, 0.15) is 24.0 Å². The number of urea groups is 1. The van der Waals surface area contributed by atoms with E-state index in [1.165, 1.54) is 0 Å². The molecule has 0 spiro atoms. The van der Waals surface area contributed by atoms with E-state index < -0.39 is 17.7 Å². The van der Waals surface area contributed by atoms with Gasteiger partial charge in [-0.1, -0.05) is 0 Å². The van der Waals surface area contributed by atoms with Gasteiger partial charge in [0.05, 0.1) is 35.2 Å². The number of aryl methyl sites for hydroxylation is 1. The standard InChI is InChI=1S/C24H26BrF2N5O3/c1-31-23(19(25)15-28-31)18-14-17(29-24(33)30-21-7-5-16(26)13-20(21)27)6-8-22(18)34-12-10-32-9-3-2-4-11-35-32/h5-8,13-15H,2-4,9-12H2,1H3,(H2,29,30,33). The largest absolute Gasteiger partial charge is 0.491 e. The monoisotopic (exact) mass is 549 g/mol. The third kappa shape index (κ3) is 6.56. The molecule has 8 nitrogen and oxygen atoms in total. The van der Waals surface area contributed by atoms with Crippen LogP contribution in [0.3, 0.4) is 0 Å². The molecule has 4 rings (SSSR count). The maximum Gasteiger partial charge on any atom is 0.323 e. The highest BCUT2D eigenvalue weighted by atomic mass is 79.9. The van der Waals surface area contributed by atoms with Crippen molar-refractivity contribution in [2.24, 2.45) is 7.05 Å². The Morgan fingerprint density at radius 3 is 2.80 bits per heavy atom. The molecule has 35 heavy (non-hydrogen) atoms. The average Bonchev–Trinajstić information content (AvgIpc) is 3.00. The van der Waals surface area contributed by atoms with Crippen LogP contribution in [0.1, 0.15) is 19.3 Å². The van der Waals surface area contributed by atoms with Crippen LogP contribution in [0.25, 0.3) is 11.3 Å². The lowest BCUT2D eigenvalue weighted by molar-refractivity contribution is -0.155. The topological polar surface area (TPSA) is 80.7 Å². The SMILES string of the molecule is Cn1ncc(Br)c1-c1cc(NC(=O)Nc2ccc(F)cc2F)ccc1OCCN1CCCCCO1. The zero-order valence-electron chi connectivity index (χ0n) is 19.2. The number of hydroxylamine groups is 2. The first kappa shape index (κ1) is 25.1. The van der Waals surface area contributed by atoms with Gasteiger partial charge >= 0.3 is 6.03 Å². The van der Waals surface area contributed by atoms with Crippen molar-refractivity contribution in [1.29, 1.82) is 0 Å². The summed E-state index contributed by atoms with van der Waals surface area (Å²) < 4.78 is 35.6.